The van der Waals surface area contributed by atoms with E-state index in [0.717, 1.165) is 44.1 Å². The fourth-order valence-corrected chi connectivity index (χ4v) is 6.58. The molecule has 0 saturated heterocycles. The van der Waals surface area contributed by atoms with E-state index in [2.05, 4.69) is 13.8 Å². The number of ketones is 1. The van der Waals surface area contributed by atoms with Gasteiger partial charge in [-0.05, 0) is 78.8 Å². The number of rotatable bonds is 0. The Balaban J connectivity index is 1.73. The summed E-state index contributed by atoms with van der Waals surface area (Å²) < 4.78 is 0. The average molecular weight is 304 g/mol. The average Bonchev–Trinajstić information content (AvgIpc) is 2.77. The number of fused-ring (bicyclic) bond motifs is 5. The summed E-state index contributed by atoms with van der Waals surface area (Å²) in [5, 5.41) is 21.2. The molecular formula is C19H28O3. The third kappa shape index (κ3) is 1.78. The summed E-state index contributed by atoms with van der Waals surface area (Å²) in [6.45, 7) is 4.54. The Morgan fingerprint density at radius 3 is 2.64 bits per heavy atom. The van der Waals surface area contributed by atoms with Crippen molar-refractivity contribution in [3.05, 3.63) is 11.6 Å². The van der Waals surface area contributed by atoms with Crippen LogP contribution in [0.5, 0.6) is 0 Å². The largest absolute Gasteiger partial charge is 0.393 e. The third-order valence-corrected chi connectivity index (χ3v) is 7.93. The molecule has 0 heterocycles. The van der Waals surface area contributed by atoms with Crippen LogP contribution < -0.4 is 0 Å². The lowest BCUT2D eigenvalue weighted by Gasteiger charge is -2.58. The molecule has 0 bridgehead atoms. The van der Waals surface area contributed by atoms with Crippen LogP contribution in [-0.2, 0) is 4.79 Å². The first kappa shape index (κ1) is 14.9. The Kier molecular flexibility index (Phi) is 3.16. The number of aliphatic hydroxyl groups is 2. The van der Waals surface area contributed by atoms with Gasteiger partial charge in [-0.1, -0.05) is 13.8 Å². The second-order valence-corrected chi connectivity index (χ2v) is 8.75. The summed E-state index contributed by atoms with van der Waals surface area (Å²) in [6.07, 6.45) is 7.65. The molecule has 4 unspecified atom stereocenters. The molecule has 122 valence electrons. The van der Waals surface area contributed by atoms with Gasteiger partial charge < -0.3 is 10.2 Å². The van der Waals surface area contributed by atoms with Gasteiger partial charge in [0.25, 0.3) is 0 Å². The molecule has 0 aromatic rings. The van der Waals surface area contributed by atoms with E-state index < -0.39 is 6.10 Å². The molecule has 2 N–H and O–H groups in total. The first-order valence-corrected chi connectivity index (χ1v) is 8.97. The molecule has 0 spiro atoms. The third-order valence-electron chi connectivity index (χ3n) is 7.93. The highest BCUT2D eigenvalue weighted by Gasteiger charge is 2.60. The van der Waals surface area contributed by atoms with E-state index in [0.29, 0.717) is 24.2 Å². The fraction of sp³-hybridized carbons (Fsp3) is 0.842. The highest BCUT2D eigenvalue weighted by Crippen LogP contribution is 2.65. The molecule has 0 aromatic heterocycles. The van der Waals surface area contributed by atoms with E-state index in [9.17, 15) is 15.0 Å². The van der Waals surface area contributed by atoms with Gasteiger partial charge in [0.05, 0.1) is 12.2 Å². The molecule has 0 radical (unpaired) electrons. The van der Waals surface area contributed by atoms with Crippen molar-refractivity contribution in [3.8, 4) is 0 Å². The molecule has 3 saturated carbocycles. The Hall–Kier alpha value is -0.670. The van der Waals surface area contributed by atoms with Crippen LogP contribution in [0.25, 0.3) is 0 Å². The number of hydrogen-bond donors (Lipinski definition) is 2. The van der Waals surface area contributed by atoms with E-state index in [-0.39, 0.29) is 22.7 Å². The molecule has 0 aromatic carbocycles. The second-order valence-electron chi connectivity index (χ2n) is 8.75. The van der Waals surface area contributed by atoms with Gasteiger partial charge >= 0.3 is 0 Å². The lowest BCUT2D eigenvalue weighted by Crippen LogP contribution is -2.54. The molecule has 0 amide bonds. The summed E-state index contributed by atoms with van der Waals surface area (Å²) in [6, 6.07) is 0. The molecule has 22 heavy (non-hydrogen) atoms. The smallest absolute Gasteiger partial charge is 0.155 e. The molecule has 3 heteroatoms. The maximum Gasteiger partial charge on any atom is 0.155 e. The predicted molar refractivity (Wildman–Crippen MR) is 84.1 cm³/mol. The maximum atomic E-state index is 11.8. The van der Waals surface area contributed by atoms with Crippen molar-refractivity contribution in [2.24, 2.45) is 28.6 Å². The Morgan fingerprint density at radius 1 is 1.09 bits per heavy atom. The van der Waals surface area contributed by atoms with Gasteiger partial charge in [0.1, 0.15) is 0 Å². The Labute approximate surface area is 132 Å². The van der Waals surface area contributed by atoms with Crippen LogP contribution in [0.15, 0.2) is 11.6 Å². The zero-order chi connectivity index (χ0) is 15.7. The number of carbonyl (C=O) groups excluding carboxylic acids is 1. The lowest BCUT2D eigenvalue weighted by molar-refractivity contribution is -0.120. The zero-order valence-electron chi connectivity index (χ0n) is 13.7. The van der Waals surface area contributed by atoms with Crippen LogP contribution in [0, 0.1) is 28.6 Å². The van der Waals surface area contributed by atoms with E-state index in [1.54, 1.807) is 6.08 Å². The predicted octanol–water partition coefficient (Wildman–Crippen LogP) is 2.85. The van der Waals surface area contributed by atoms with Crippen LogP contribution in [0.1, 0.15) is 58.8 Å². The lowest BCUT2D eigenvalue weighted by atomic mass is 9.47. The van der Waals surface area contributed by atoms with Crippen molar-refractivity contribution in [1.82, 2.24) is 0 Å². The molecule has 3 fully saturated rings. The number of hydrogen-bond acceptors (Lipinski definition) is 3. The number of carbonyl (C=O) groups is 1. The van der Waals surface area contributed by atoms with Gasteiger partial charge in [-0.2, -0.15) is 0 Å². The normalized spacial score (nSPS) is 54.3. The summed E-state index contributed by atoms with van der Waals surface area (Å²) >= 11 is 0. The minimum absolute atomic E-state index is 0.00881. The van der Waals surface area contributed by atoms with Gasteiger partial charge in [0, 0.05) is 6.42 Å². The van der Waals surface area contributed by atoms with Crippen LogP contribution >= 0.6 is 0 Å². The van der Waals surface area contributed by atoms with Crippen molar-refractivity contribution >= 4 is 5.78 Å². The Morgan fingerprint density at radius 2 is 1.86 bits per heavy atom. The summed E-state index contributed by atoms with van der Waals surface area (Å²) in [5.74, 6) is 1.79. The van der Waals surface area contributed by atoms with E-state index >= 15 is 0 Å². The van der Waals surface area contributed by atoms with Crippen LogP contribution in [0.3, 0.4) is 0 Å². The minimum Gasteiger partial charge on any atom is -0.393 e. The zero-order valence-corrected chi connectivity index (χ0v) is 13.7. The Bertz CT molecular complexity index is 539. The maximum absolute atomic E-state index is 11.8. The fourth-order valence-electron chi connectivity index (χ4n) is 6.58. The quantitative estimate of drug-likeness (QED) is 0.723. The first-order chi connectivity index (χ1) is 10.4. The highest BCUT2D eigenvalue weighted by molar-refractivity contribution is 5.91. The van der Waals surface area contributed by atoms with Crippen LogP contribution in [-0.4, -0.2) is 28.2 Å². The molecular weight excluding hydrogens is 276 g/mol. The molecule has 7 atom stereocenters. The van der Waals surface area contributed by atoms with Gasteiger partial charge in [-0.15, -0.1) is 0 Å². The van der Waals surface area contributed by atoms with E-state index in [4.69, 9.17) is 0 Å². The monoisotopic (exact) mass is 304 g/mol. The van der Waals surface area contributed by atoms with E-state index in [1.165, 1.54) is 0 Å². The molecule has 0 aliphatic heterocycles. The highest BCUT2D eigenvalue weighted by atomic mass is 16.3. The summed E-state index contributed by atoms with van der Waals surface area (Å²) in [7, 11) is 0. The molecule has 4 rings (SSSR count). The SMILES string of the molecule is C[C@]12CCC(=O)C=C1C(O)CC1C2CC[C@@]2(C)C1CC[C@@H]2O. The molecule has 4 aliphatic rings. The van der Waals surface area contributed by atoms with Crippen LogP contribution in [0.2, 0.25) is 0 Å². The van der Waals surface area contributed by atoms with E-state index in [1.807, 2.05) is 0 Å². The van der Waals surface area contributed by atoms with Crippen molar-refractivity contribution < 1.29 is 15.0 Å². The van der Waals surface area contributed by atoms with Gasteiger partial charge in [-0.3, -0.25) is 4.79 Å². The van der Waals surface area contributed by atoms with Gasteiger partial charge in [-0.25, -0.2) is 0 Å². The van der Waals surface area contributed by atoms with Crippen LogP contribution in [0.4, 0.5) is 0 Å². The van der Waals surface area contributed by atoms with Gasteiger partial charge in [0.15, 0.2) is 5.78 Å². The molecule has 4 aliphatic carbocycles. The second kappa shape index (κ2) is 4.67. The van der Waals surface area contributed by atoms with Crippen molar-refractivity contribution in [2.45, 2.75) is 71.0 Å². The number of aliphatic hydroxyl groups excluding tert-OH is 2. The standard InChI is InChI=1S/C19H28O3/c1-18-7-5-11(20)9-15(18)16(21)10-12-13-3-4-17(22)19(13,2)8-6-14(12)18/h9,12-14,16-17,21-22H,3-8,10H2,1-2H3/t12?,13?,14?,16?,17-,18+,19-/m0/s1. The topological polar surface area (TPSA) is 57.5 Å². The van der Waals surface area contributed by atoms with Crippen molar-refractivity contribution in [2.75, 3.05) is 0 Å². The van der Waals surface area contributed by atoms with Crippen molar-refractivity contribution in [1.29, 1.82) is 0 Å². The first-order valence-electron chi connectivity index (χ1n) is 8.97. The molecule has 3 nitrogen and oxygen atoms in total. The van der Waals surface area contributed by atoms with Crippen molar-refractivity contribution in [3.63, 3.8) is 0 Å². The van der Waals surface area contributed by atoms with Gasteiger partial charge in [0.2, 0.25) is 0 Å². The summed E-state index contributed by atoms with van der Waals surface area (Å²) in [4.78, 5) is 11.8. The summed E-state index contributed by atoms with van der Waals surface area (Å²) in [5.41, 5.74) is 1.04. The minimum atomic E-state index is -0.462.